The molecule has 2 N–H and O–H groups in total. The molecule has 1 heterocycles. The van der Waals surface area contributed by atoms with Crippen molar-refractivity contribution in [1.29, 1.82) is 0 Å². The molecule has 0 bridgehead atoms. The standard InChI is InChI=1S/C17H20N2O2/c1-11-5-4-6-12(11)9-19-16-13-7-2-3-8-15(13)18-10-14(16)17(20)21/h2-3,7-8,10-12H,4-6,9H2,1H3,(H,18,19)(H,20,21). The fourth-order valence-corrected chi connectivity index (χ4v) is 3.25. The van der Waals surface area contributed by atoms with Crippen molar-refractivity contribution in [1.82, 2.24) is 4.98 Å². The van der Waals surface area contributed by atoms with E-state index in [1.54, 1.807) is 0 Å². The number of carboxylic acid groups (broad SMARTS) is 1. The molecule has 4 heteroatoms. The normalized spacial score (nSPS) is 21.6. The van der Waals surface area contributed by atoms with E-state index in [4.69, 9.17) is 0 Å². The molecule has 2 atom stereocenters. The largest absolute Gasteiger partial charge is 0.478 e. The summed E-state index contributed by atoms with van der Waals surface area (Å²) in [5.74, 6) is 0.396. The first kappa shape index (κ1) is 13.9. The summed E-state index contributed by atoms with van der Waals surface area (Å²) in [5, 5.41) is 13.7. The topological polar surface area (TPSA) is 62.2 Å². The zero-order valence-corrected chi connectivity index (χ0v) is 12.2. The molecule has 1 aromatic heterocycles. The van der Waals surface area contributed by atoms with Crippen molar-refractivity contribution in [3.8, 4) is 0 Å². The zero-order valence-electron chi connectivity index (χ0n) is 12.2. The Morgan fingerprint density at radius 3 is 2.90 bits per heavy atom. The quantitative estimate of drug-likeness (QED) is 0.897. The highest BCUT2D eigenvalue weighted by Crippen LogP contribution is 2.32. The molecule has 110 valence electrons. The third-order valence-electron chi connectivity index (χ3n) is 4.59. The molecular weight excluding hydrogens is 264 g/mol. The number of hydrogen-bond donors (Lipinski definition) is 2. The summed E-state index contributed by atoms with van der Waals surface area (Å²) in [6.07, 6.45) is 5.22. The second kappa shape index (κ2) is 5.72. The van der Waals surface area contributed by atoms with Gasteiger partial charge in [-0.15, -0.1) is 0 Å². The van der Waals surface area contributed by atoms with Gasteiger partial charge in [-0.2, -0.15) is 0 Å². The van der Waals surface area contributed by atoms with Crippen LogP contribution in [0.15, 0.2) is 30.5 Å². The minimum Gasteiger partial charge on any atom is -0.478 e. The minimum absolute atomic E-state index is 0.249. The van der Waals surface area contributed by atoms with Crippen LogP contribution in [0.25, 0.3) is 10.9 Å². The Bertz CT molecular complexity index is 669. The van der Waals surface area contributed by atoms with Gasteiger partial charge in [0.1, 0.15) is 5.56 Å². The van der Waals surface area contributed by atoms with Crippen molar-refractivity contribution in [2.24, 2.45) is 11.8 Å². The number of anilines is 1. The number of rotatable bonds is 4. The van der Waals surface area contributed by atoms with E-state index >= 15 is 0 Å². The first-order valence-corrected chi connectivity index (χ1v) is 7.51. The number of carboxylic acids is 1. The molecule has 1 aliphatic rings. The van der Waals surface area contributed by atoms with Gasteiger partial charge in [-0.3, -0.25) is 4.98 Å². The number of pyridine rings is 1. The molecule has 21 heavy (non-hydrogen) atoms. The van der Waals surface area contributed by atoms with Gasteiger partial charge in [-0.05, 0) is 24.3 Å². The van der Waals surface area contributed by atoms with E-state index in [1.165, 1.54) is 25.5 Å². The van der Waals surface area contributed by atoms with Crippen molar-refractivity contribution < 1.29 is 9.90 Å². The van der Waals surface area contributed by atoms with Gasteiger partial charge in [0, 0.05) is 18.1 Å². The van der Waals surface area contributed by atoms with E-state index in [9.17, 15) is 9.90 Å². The molecule has 0 aliphatic heterocycles. The summed E-state index contributed by atoms with van der Waals surface area (Å²) in [7, 11) is 0. The second-order valence-corrected chi connectivity index (χ2v) is 5.92. The van der Waals surface area contributed by atoms with E-state index in [0.29, 0.717) is 17.5 Å². The Labute approximate surface area is 124 Å². The molecule has 0 amide bonds. The maximum atomic E-state index is 11.4. The van der Waals surface area contributed by atoms with Gasteiger partial charge in [0.05, 0.1) is 11.2 Å². The maximum Gasteiger partial charge on any atom is 0.339 e. The summed E-state index contributed by atoms with van der Waals surface area (Å²) < 4.78 is 0. The summed E-state index contributed by atoms with van der Waals surface area (Å²) in [4.78, 5) is 15.7. The summed E-state index contributed by atoms with van der Waals surface area (Å²) in [6.45, 7) is 3.11. The lowest BCUT2D eigenvalue weighted by atomic mass is 9.98. The van der Waals surface area contributed by atoms with Crippen molar-refractivity contribution in [3.05, 3.63) is 36.0 Å². The number of para-hydroxylation sites is 1. The summed E-state index contributed by atoms with van der Waals surface area (Å²) >= 11 is 0. The van der Waals surface area contributed by atoms with E-state index in [0.717, 1.165) is 17.4 Å². The Kier molecular flexibility index (Phi) is 3.78. The number of nitrogens with zero attached hydrogens (tertiary/aromatic N) is 1. The monoisotopic (exact) mass is 284 g/mol. The van der Waals surface area contributed by atoms with E-state index in [-0.39, 0.29) is 5.56 Å². The number of nitrogens with one attached hydrogen (secondary N) is 1. The molecule has 3 rings (SSSR count). The predicted octanol–water partition coefficient (Wildman–Crippen LogP) is 3.78. The third-order valence-corrected chi connectivity index (χ3v) is 4.59. The first-order chi connectivity index (χ1) is 10.2. The zero-order chi connectivity index (χ0) is 14.8. The van der Waals surface area contributed by atoms with Crippen LogP contribution in [0.1, 0.15) is 36.5 Å². The third kappa shape index (κ3) is 2.71. The second-order valence-electron chi connectivity index (χ2n) is 5.92. The minimum atomic E-state index is -0.935. The average Bonchev–Trinajstić information content (AvgIpc) is 2.89. The van der Waals surface area contributed by atoms with Gasteiger partial charge < -0.3 is 10.4 Å². The number of benzene rings is 1. The van der Waals surface area contributed by atoms with Crippen LogP contribution >= 0.6 is 0 Å². The van der Waals surface area contributed by atoms with Crippen LogP contribution < -0.4 is 5.32 Å². The molecule has 0 spiro atoms. The lowest BCUT2D eigenvalue weighted by Crippen LogP contribution is -2.18. The van der Waals surface area contributed by atoms with Gasteiger partial charge in [0.15, 0.2) is 0 Å². The van der Waals surface area contributed by atoms with Crippen molar-refractivity contribution in [3.63, 3.8) is 0 Å². The van der Waals surface area contributed by atoms with Gasteiger partial charge in [-0.1, -0.05) is 38.0 Å². The van der Waals surface area contributed by atoms with Gasteiger partial charge in [-0.25, -0.2) is 4.79 Å². The van der Waals surface area contributed by atoms with Crippen molar-refractivity contribution in [2.75, 3.05) is 11.9 Å². The molecule has 2 aromatic rings. The Morgan fingerprint density at radius 2 is 2.19 bits per heavy atom. The SMILES string of the molecule is CC1CCCC1CNc1c(C(=O)O)cnc2ccccc12. The Hall–Kier alpha value is -2.10. The van der Waals surface area contributed by atoms with Crippen LogP contribution in [-0.2, 0) is 0 Å². The molecule has 1 saturated carbocycles. The van der Waals surface area contributed by atoms with Crippen LogP contribution in [0.3, 0.4) is 0 Å². The molecule has 4 nitrogen and oxygen atoms in total. The first-order valence-electron chi connectivity index (χ1n) is 7.51. The molecular formula is C17H20N2O2. The highest BCUT2D eigenvalue weighted by atomic mass is 16.4. The number of aromatic carboxylic acids is 1. The highest BCUT2D eigenvalue weighted by molar-refractivity contribution is 6.04. The smallest absolute Gasteiger partial charge is 0.339 e. The van der Waals surface area contributed by atoms with E-state index in [1.807, 2.05) is 24.3 Å². The number of hydrogen-bond acceptors (Lipinski definition) is 3. The van der Waals surface area contributed by atoms with Crippen LogP contribution in [0, 0.1) is 11.8 Å². The Balaban J connectivity index is 1.94. The predicted molar refractivity (Wildman–Crippen MR) is 83.7 cm³/mol. The lowest BCUT2D eigenvalue weighted by molar-refractivity contribution is 0.0697. The highest BCUT2D eigenvalue weighted by Gasteiger charge is 2.24. The Morgan fingerprint density at radius 1 is 1.38 bits per heavy atom. The number of aromatic nitrogens is 1. The van der Waals surface area contributed by atoms with Crippen LogP contribution in [0.5, 0.6) is 0 Å². The molecule has 1 aromatic carbocycles. The molecule has 0 saturated heterocycles. The number of fused-ring (bicyclic) bond motifs is 1. The van der Waals surface area contributed by atoms with Crippen molar-refractivity contribution in [2.45, 2.75) is 26.2 Å². The fourth-order valence-electron chi connectivity index (χ4n) is 3.25. The molecule has 1 aliphatic carbocycles. The van der Waals surface area contributed by atoms with Crippen LogP contribution in [-0.4, -0.2) is 22.6 Å². The maximum absolute atomic E-state index is 11.4. The van der Waals surface area contributed by atoms with Gasteiger partial charge in [0.25, 0.3) is 0 Å². The summed E-state index contributed by atoms with van der Waals surface area (Å²) in [6, 6.07) is 7.66. The van der Waals surface area contributed by atoms with Crippen molar-refractivity contribution >= 4 is 22.6 Å². The molecule has 2 unspecified atom stereocenters. The number of carbonyl (C=O) groups is 1. The van der Waals surface area contributed by atoms with E-state index < -0.39 is 5.97 Å². The van der Waals surface area contributed by atoms with Crippen LogP contribution in [0.4, 0.5) is 5.69 Å². The lowest BCUT2D eigenvalue weighted by Gasteiger charge is -2.19. The van der Waals surface area contributed by atoms with Crippen LogP contribution in [0.2, 0.25) is 0 Å². The fraction of sp³-hybridized carbons (Fsp3) is 0.412. The average molecular weight is 284 g/mol. The molecule has 0 radical (unpaired) electrons. The van der Waals surface area contributed by atoms with Gasteiger partial charge in [0.2, 0.25) is 0 Å². The molecule has 1 fully saturated rings. The van der Waals surface area contributed by atoms with E-state index in [2.05, 4.69) is 17.2 Å². The van der Waals surface area contributed by atoms with Gasteiger partial charge >= 0.3 is 5.97 Å². The summed E-state index contributed by atoms with van der Waals surface area (Å²) in [5.41, 5.74) is 1.77.